The number of allylic oxidation sites excluding steroid dienone is 1. The lowest BCUT2D eigenvalue weighted by Crippen LogP contribution is -2.34. The molecule has 0 unspecified atom stereocenters. The van der Waals surface area contributed by atoms with Crippen LogP contribution < -0.4 is 5.32 Å². The molecule has 0 saturated carbocycles. The van der Waals surface area contributed by atoms with Crippen molar-refractivity contribution in [1.29, 1.82) is 0 Å². The second-order valence-corrected chi connectivity index (χ2v) is 6.98. The lowest BCUT2D eigenvalue weighted by atomic mass is 9.63. The molecule has 0 atom stereocenters. The van der Waals surface area contributed by atoms with Crippen molar-refractivity contribution >= 4 is 5.70 Å². The van der Waals surface area contributed by atoms with Gasteiger partial charge in [-0.25, -0.2) is 0 Å². The predicted molar refractivity (Wildman–Crippen MR) is 84.4 cm³/mol. The molecule has 0 saturated heterocycles. The molecule has 1 nitrogen and oxygen atoms in total. The molecule has 0 radical (unpaired) electrons. The smallest absolute Gasteiger partial charge is 0.0367 e. The molecule has 0 spiro atoms. The van der Waals surface area contributed by atoms with Crippen molar-refractivity contribution < 1.29 is 0 Å². The SMILES string of the molecule is C/C=C(\NC)c1ccc2c(c1)C(C)(C)CCC2(C)C. The van der Waals surface area contributed by atoms with Gasteiger partial charge in [-0.2, -0.15) is 0 Å². The van der Waals surface area contributed by atoms with Gasteiger partial charge in [-0.3, -0.25) is 0 Å². The molecule has 1 aromatic rings. The first-order valence-corrected chi connectivity index (χ1v) is 7.31. The topological polar surface area (TPSA) is 12.0 Å². The summed E-state index contributed by atoms with van der Waals surface area (Å²) in [5, 5.41) is 3.28. The molecule has 0 amide bonds. The van der Waals surface area contributed by atoms with E-state index in [4.69, 9.17) is 0 Å². The summed E-state index contributed by atoms with van der Waals surface area (Å²) >= 11 is 0. The number of hydrogen-bond acceptors (Lipinski definition) is 1. The van der Waals surface area contributed by atoms with E-state index in [1.807, 2.05) is 7.05 Å². The molecule has 1 aliphatic carbocycles. The minimum atomic E-state index is 0.285. The first-order valence-electron chi connectivity index (χ1n) is 7.31. The maximum absolute atomic E-state index is 3.28. The van der Waals surface area contributed by atoms with E-state index in [2.05, 4.69) is 64.2 Å². The van der Waals surface area contributed by atoms with E-state index < -0.39 is 0 Å². The van der Waals surface area contributed by atoms with Crippen LogP contribution in [-0.4, -0.2) is 7.05 Å². The van der Waals surface area contributed by atoms with Crippen molar-refractivity contribution in [3.8, 4) is 0 Å². The standard InChI is InChI=1S/C18H27N/c1-7-16(19-6)13-8-9-14-15(12-13)18(4,5)11-10-17(14,2)3/h7-9,12,19H,10-11H2,1-6H3/b16-7-. The zero-order chi connectivity index (χ0) is 14.3. The maximum Gasteiger partial charge on any atom is 0.0367 e. The van der Waals surface area contributed by atoms with Gasteiger partial charge >= 0.3 is 0 Å². The summed E-state index contributed by atoms with van der Waals surface area (Å²) < 4.78 is 0. The van der Waals surface area contributed by atoms with Crippen LogP contribution in [0, 0.1) is 0 Å². The quantitative estimate of drug-likeness (QED) is 0.815. The van der Waals surface area contributed by atoms with Crippen LogP contribution >= 0.6 is 0 Å². The Kier molecular flexibility index (Phi) is 3.51. The molecule has 0 aliphatic heterocycles. The first kappa shape index (κ1) is 14.2. The van der Waals surface area contributed by atoms with Crippen molar-refractivity contribution in [2.24, 2.45) is 0 Å². The molecule has 1 aliphatic rings. The highest BCUT2D eigenvalue weighted by atomic mass is 14.8. The monoisotopic (exact) mass is 257 g/mol. The molecule has 0 aromatic heterocycles. The molecule has 1 heteroatoms. The third-order valence-electron chi connectivity index (χ3n) is 4.72. The van der Waals surface area contributed by atoms with E-state index in [0.29, 0.717) is 5.41 Å². The first-order chi connectivity index (χ1) is 8.81. The molecule has 1 aromatic carbocycles. The molecule has 1 N–H and O–H groups in total. The Labute approximate surface area is 118 Å². The largest absolute Gasteiger partial charge is 0.388 e. The number of benzene rings is 1. The van der Waals surface area contributed by atoms with Crippen molar-refractivity contribution in [2.45, 2.75) is 58.3 Å². The van der Waals surface area contributed by atoms with Gasteiger partial charge in [-0.15, -0.1) is 0 Å². The molecule has 0 heterocycles. The van der Waals surface area contributed by atoms with Gasteiger partial charge in [0.25, 0.3) is 0 Å². The fraction of sp³-hybridized carbons (Fsp3) is 0.556. The lowest BCUT2D eigenvalue weighted by Gasteiger charge is -2.42. The Bertz CT molecular complexity index is 506. The minimum absolute atomic E-state index is 0.285. The van der Waals surface area contributed by atoms with E-state index in [9.17, 15) is 0 Å². The average molecular weight is 257 g/mol. The summed E-state index contributed by atoms with van der Waals surface area (Å²) in [6, 6.07) is 6.99. The minimum Gasteiger partial charge on any atom is -0.388 e. The van der Waals surface area contributed by atoms with Crippen LogP contribution in [0.5, 0.6) is 0 Å². The molecule has 2 rings (SSSR count). The lowest BCUT2D eigenvalue weighted by molar-refractivity contribution is 0.332. The van der Waals surface area contributed by atoms with E-state index >= 15 is 0 Å². The third kappa shape index (κ3) is 2.43. The molecular weight excluding hydrogens is 230 g/mol. The summed E-state index contributed by atoms with van der Waals surface area (Å²) in [4.78, 5) is 0. The van der Waals surface area contributed by atoms with Gasteiger partial charge < -0.3 is 5.32 Å². The van der Waals surface area contributed by atoms with Crippen molar-refractivity contribution in [3.63, 3.8) is 0 Å². The zero-order valence-corrected chi connectivity index (χ0v) is 13.2. The van der Waals surface area contributed by atoms with E-state index in [1.54, 1.807) is 0 Å². The van der Waals surface area contributed by atoms with Gasteiger partial charge in [0.2, 0.25) is 0 Å². The fourth-order valence-electron chi connectivity index (χ4n) is 3.21. The van der Waals surface area contributed by atoms with Crippen LogP contribution in [0.1, 0.15) is 64.2 Å². The zero-order valence-electron chi connectivity index (χ0n) is 13.2. The Morgan fingerprint density at radius 3 is 2.16 bits per heavy atom. The predicted octanol–water partition coefficient (Wildman–Crippen LogP) is 4.62. The summed E-state index contributed by atoms with van der Waals surface area (Å²) in [7, 11) is 1.99. The van der Waals surface area contributed by atoms with Gasteiger partial charge in [0.15, 0.2) is 0 Å². The summed E-state index contributed by atoms with van der Waals surface area (Å²) in [6.45, 7) is 11.6. The number of fused-ring (bicyclic) bond motifs is 1. The van der Waals surface area contributed by atoms with Crippen molar-refractivity contribution in [3.05, 3.63) is 41.0 Å². The van der Waals surface area contributed by atoms with Crippen LogP contribution in [-0.2, 0) is 10.8 Å². The Morgan fingerprint density at radius 2 is 1.63 bits per heavy atom. The Balaban J connectivity index is 2.60. The molecule has 104 valence electrons. The normalized spacial score (nSPS) is 20.8. The van der Waals surface area contributed by atoms with Crippen molar-refractivity contribution in [1.82, 2.24) is 5.32 Å². The van der Waals surface area contributed by atoms with Crippen LogP contribution in [0.4, 0.5) is 0 Å². The Morgan fingerprint density at radius 1 is 1.05 bits per heavy atom. The highest BCUT2D eigenvalue weighted by Gasteiger charge is 2.36. The van der Waals surface area contributed by atoms with Crippen LogP contribution in [0.2, 0.25) is 0 Å². The average Bonchev–Trinajstić information content (AvgIpc) is 2.37. The number of rotatable bonds is 2. The highest BCUT2D eigenvalue weighted by molar-refractivity contribution is 5.65. The molecule has 19 heavy (non-hydrogen) atoms. The maximum atomic E-state index is 3.28. The van der Waals surface area contributed by atoms with E-state index in [-0.39, 0.29) is 5.41 Å². The molecular formula is C18H27N. The van der Waals surface area contributed by atoms with Crippen LogP contribution in [0.25, 0.3) is 5.70 Å². The van der Waals surface area contributed by atoms with Gasteiger partial charge in [0.05, 0.1) is 0 Å². The fourth-order valence-corrected chi connectivity index (χ4v) is 3.21. The highest BCUT2D eigenvalue weighted by Crippen LogP contribution is 2.46. The Hall–Kier alpha value is -1.24. The van der Waals surface area contributed by atoms with Crippen LogP contribution in [0.15, 0.2) is 24.3 Å². The molecule has 0 fully saturated rings. The van der Waals surface area contributed by atoms with E-state index in [0.717, 1.165) is 0 Å². The second kappa shape index (κ2) is 4.70. The molecule has 0 bridgehead atoms. The van der Waals surface area contributed by atoms with Gasteiger partial charge in [-0.05, 0) is 53.4 Å². The summed E-state index contributed by atoms with van der Waals surface area (Å²) in [6.07, 6.45) is 4.68. The van der Waals surface area contributed by atoms with Crippen LogP contribution in [0.3, 0.4) is 0 Å². The summed E-state index contributed by atoms with van der Waals surface area (Å²) in [5.41, 5.74) is 6.15. The van der Waals surface area contributed by atoms with Gasteiger partial charge in [0.1, 0.15) is 0 Å². The summed E-state index contributed by atoms with van der Waals surface area (Å²) in [5.74, 6) is 0. The van der Waals surface area contributed by atoms with Gasteiger partial charge in [-0.1, -0.05) is 45.9 Å². The second-order valence-electron chi connectivity index (χ2n) is 6.98. The van der Waals surface area contributed by atoms with Crippen molar-refractivity contribution in [2.75, 3.05) is 7.05 Å². The number of hydrogen-bond donors (Lipinski definition) is 1. The third-order valence-corrected chi connectivity index (χ3v) is 4.72. The number of nitrogens with one attached hydrogen (secondary N) is 1. The van der Waals surface area contributed by atoms with E-state index in [1.165, 1.54) is 35.2 Å². The van der Waals surface area contributed by atoms with Gasteiger partial charge in [0, 0.05) is 12.7 Å².